The number of carboxylic acids is 1. The number of hydrogen-bond donors (Lipinski definition) is 1. The molecule has 0 aromatic carbocycles. The summed E-state index contributed by atoms with van der Waals surface area (Å²) < 4.78 is 23.0. The molecule has 0 bridgehead atoms. The molecule has 0 amide bonds. The van der Waals surface area contributed by atoms with Crippen molar-refractivity contribution in [2.45, 2.75) is 334 Å². The van der Waals surface area contributed by atoms with Gasteiger partial charge in [-0.25, -0.2) is 4.79 Å². The van der Waals surface area contributed by atoms with Gasteiger partial charge in [0.1, 0.15) is 13.2 Å². The minimum Gasteiger partial charge on any atom is -0.477 e. The van der Waals surface area contributed by atoms with Gasteiger partial charge >= 0.3 is 17.9 Å². The lowest BCUT2D eigenvalue weighted by Gasteiger charge is -2.25. The summed E-state index contributed by atoms with van der Waals surface area (Å²) in [5.74, 6) is -2.02. The van der Waals surface area contributed by atoms with Crippen LogP contribution in [-0.4, -0.2) is 87.4 Å². The van der Waals surface area contributed by atoms with Crippen LogP contribution in [0.1, 0.15) is 322 Å². The first-order valence-corrected chi connectivity index (χ1v) is 39.6. The van der Waals surface area contributed by atoms with E-state index in [0.717, 1.165) is 122 Å². The fourth-order valence-corrected chi connectivity index (χ4v) is 10.8. The number of esters is 2. The maximum absolute atomic E-state index is 13.0. The zero-order chi connectivity index (χ0) is 70.4. The quantitative estimate of drug-likeness (QED) is 0.0211. The number of carbonyl (C=O) groups excluding carboxylic acids is 2. The third-order valence-corrected chi connectivity index (χ3v) is 16.8. The highest BCUT2D eigenvalue weighted by Gasteiger charge is 2.25. The van der Waals surface area contributed by atoms with Crippen LogP contribution in [0.3, 0.4) is 0 Å². The molecule has 0 saturated heterocycles. The number of quaternary nitrogens is 1. The van der Waals surface area contributed by atoms with E-state index in [0.29, 0.717) is 23.9 Å². The van der Waals surface area contributed by atoms with Gasteiger partial charge in [-0.1, -0.05) is 339 Å². The van der Waals surface area contributed by atoms with E-state index in [4.69, 9.17) is 18.9 Å². The molecule has 9 heteroatoms. The van der Waals surface area contributed by atoms with Gasteiger partial charge in [-0.2, -0.15) is 0 Å². The lowest BCUT2D eigenvalue weighted by Crippen LogP contribution is -2.40. The summed E-state index contributed by atoms with van der Waals surface area (Å²) in [4.78, 5) is 37.7. The Balaban J connectivity index is 4.12. The summed E-state index contributed by atoms with van der Waals surface area (Å²) in [7, 11) is 5.97. The van der Waals surface area contributed by atoms with Gasteiger partial charge in [-0.3, -0.25) is 9.59 Å². The fraction of sp³-hybridized carbons (Fsp3) is 0.670. The van der Waals surface area contributed by atoms with Gasteiger partial charge in [0.25, 0.3) is 6.29 Å². The molecule has 97 heavy (non-hydrogen) atoms. The topological polar surface area (TPSA) is 108 Å². The fourth-order valence-electron chi connectivity index (χ4n) is 10.8. The monoisotopic (exact) mass is 1350 g/mol. The number of allylic oxidation sites excluding steroid dienone is 26. The molecule has 1 N–H and O–H groups in total. The summed E-state index contributed by atoms with van der Waals surface area (Å²) in [6.07, 6.45) is 111. The molecule has 0 radical (unpaired) electrons. The van der Waals surface area contributed by atoms with Crippen molar-refractivity contribution in [1.29, 1.82) is 0 Å². The van der Waals surface area contributed by atoms with Crippen LogP contribution in [0.25, 0.3) is 0 Å². The first kappa shape index (κ1) is 91.9. The molecule has 0 aliphatic carbocycles. The van der Waals surface area contributed by atoms with Gasteiger partial charge in [0.2, 0.25) is 0 Å². The van der Waals surface area contributed by atoms with Crippen molar-refractivity contribution in [3.63, 3.8) is 0 Å². The van der Waals surface area contributed by atoms with Crippen LogP contribution < -0.4 is 0 Å². The van der Waals surface area contributed by atoms with E-state index in [1.165, 1.54) is 167 Å². The Kier molecular flexibility index (Phi) is 72.6. The van der Waals surface area contributed by atoms with E-state index in [1.54, 1.807) is 0 Å². The maximum Gasteiger partial charge on any atom is 0.361 e. The van der Waals surface area contributed by atoms with Crippen LogP contribution in [0.15, 0.2) is 158 Å². The standard InChI is InChI=1S/C88H147NO8/c1-6-8-10-12-14-16-18-20-22-24-26-28-30-32-34-36-38-40-41-42-43-44-45-47-49-51-53-55-57-59-61-63-65-67-69-71-73-75-77-79-86(91)97-84(83-96-88(87(92)93)94-81-80-89(3,4)5)82-95-85(90)78-76-74-72-70-68-66-64-62-60-58-56-54-52-50-48-46-39-37-35-33-31-29-27-25-23-21-19-17-15-13-11-9-7-2/h8,10,14,16,19-22,25-28,31-34,38,40,42-43,45,47,51,53,57,59,84,88H,6-7,9,11-13,15,17-18,23-24,29-30,35-37,39,41,44,46,48-50,52,54-56,58,60-83H2,1-5H3/p+1/b10-8-,16-14-,21-19-,22-20-,27-25-,28-26-,33-31-,34-32-,40-38-,43-42-,47-45-,53-51-,59-57-. The molecule has 0 aromatic rings. The van der Waals surface area contributed by atoms with Crippen LogP contribution in [0.4, 0.5) is 0 Å². The minimum atomic E-state index is -1.52. The highest BCUT2D eigenvalue weighted by atomic mass is 16.7. The molecule has 0 aliphatic heterocycles. The van der Waals surface area contributed by atoms with Crippen LogP contribution in [-0.2, 0) is 33.3 Å². The highest BCUT2D eigenvalue weighted by Crippen LogP contribution is 2.17. The van der Waals surface area contributed by atoms with E-state index in [9.17, 15) is 19.5 Å². The number of rotatable bonds is 72. The molecule has 9 nitrogen and oxygen atoms in total. The Morgan fingerprint density at radius 2 is 0.588 bits per heavy atom. The zero-order valence-corrected chi connectivity index (χ0v) is 63.2. The number of unbranched alkanes of at least 4 members (excludes halogenated alkanes) is 31. The van der Waals surface area contributed by atoms with Crippen LogP contribution in [0.5, 0.6) is 0 Å². The molecule has 2 unspecified atom stereocenters. The van der Waals surface area contributed by atoms with E-state index in [2.05, 4.69) is 172 Å². The van der Waals surface area contributed by atoms with Crippen molar-refractivity contribution in [2.24, 2.45) is 0 Å². The largest absolute Gasteiger partial charge is 0.477 e. The Bertz CT molecular complexity index is 2160. The molecule has 0 saturated carbocycles. The Hall–Kier alpha value is -5.09. The molecular weight excluding hydrogens is 1200 g/mol. The van der Waals surface area contributed by atoms with Gasteiger partial charge < -0.3 is 28.5 Å². The number of hydrogen-bond acceptors (Lipinski definition) is 7. The van der Waals surface area contributed by atoms with E-state index >= 15 is 0 Å². The first-order valence-electron chi connectivity index (χ1n) is 39.6. The number of carboxylic acid groups (broad SMARTS) is 1. The summed E-state index contributed by atoms with van der Waals surface area (Å²) in [5.41, 5.74) is 0. The second-order valence-corrected chi connectivity index (χ2v) is 27.3. The van der Waals surface area contributed by atoms with Gasteiger partial charge in [0.15, 0.2) is 6.10 Å². The Morgan fingerprint density at radius 1 is 0.320 bits per heavy atom. The summed E-state index contributed by atoms with van der Waals surface area (Å²) >= 11 is 0. The third-order valence-electron chi connectivity index (χ3n) is 16.8. The molecule has 0 aromatic heterocycles. The van der Waals surface area contributed by atoms with Crippen molar-refractivity contribution in [2.75, 3.05) is 47.5 Å². The maximum atomic E-state index is 13.0. The van der Waals surface area contributed by atoms with Gasteiger partial charge in [-0.15, -0.1) is 0 Å². The smallest absolute Gasteiger partial charge is 0.361 e. The van der Waals surface area contributed by atoms with E-state index < -0.39 is 24.3 Å². The molecule has 0 fully saturated rings. The van der Waals surface area contributed by atoms with E-state index in [1.807, 2.05) is 21.1 Å². The molecular formula is C88H148NO8+. The van der Waals surface area contributed by atoms with Crippen molar-refractivity contribution in [3.05, 3.63) is 158 Å². The minimum absolute atomic E-state index is 0.180. The van der Waals surface area contributed by atoms with Crippen molar-refractivity contribution >= 4 is 17.9 Å². The predicted molar refractivity (Wildman–Crippen MR) is 419 cm³/mol. The van der Waals surface area contributed by atoms with E-state index in [-0.39, 0.29) is 32.2 Å². The lowest BCUT2D eigenvalue weighted by molar-refractivity contribution is -0.870. The van der Waals surface area contributed by atoms with Crippen LogP contribution in [0, 0.1) is 0 Å². The van der Waals surface area contributed by atoms with Crippen LogP contribution >= 0.6 is 0 Å². The summed E-state index contributed by atoms with van der Waals surface area (Å²) in [6, 6.07) is 0. The number of aliphatic carboxylic acids is 1. The average molecular weight is 1350 g/mol. The first-order chi connectivity index (χ1) is 47.6. The third kappa shape index (κ3) is 78.1. The number of nitrogens with zero attached hydrogens (tertiary/aromatic N) is 1. The number of likely N-dealkylation sites (N-methyl/N-ethyl adjacent to an activating group) is 1. The van der Waals surface area contributed by atoms with Gasteiger partial charge in [0, 0.05) is 12.8 Å². The molecule has 2 atom stereocenters. The molecule has 0 rings (SSSR count). The normalized spacial score (nSPS) is 13.5. The Morgan fingerprint density at radius 3 is 0.876 bits per heavy atom. The lowest BCUT2D eigenvalue weighted by atomic mass is 10.0. The predicted octanol–water partition coefficient (Wildman–Crippen LogP) is 25.6. The molecule has 0 aliphatic rings. The molecule has 552 valence electrons. The van der Waals surface area contributed by atoms with Gasteiger partial charge in [0.05, 0.1) is 34.4 Å². The zero-order valence-electron chi connectivity index (χ0n) is 63.2. The highest BCUT2D eigenvalue weighted by molar-refractivity contribution is 5.71. The molecule has 0 heterocycles. The second-order valence-electron chi connectivity index (χ2n) is 27.3. The van der Waals surface area contributed by atoms with Crippen molar-refractivity contribution in [3.8, 4) is 0 Å². The summed E-state index contributed by atoms with van der Waals surface area (Å²) in [5, 5.41) is 9.77. The number of ether oxygens (including phenoxy) is 4. The average Bonchev–Trinajstić information content (AvgIpc) is 2.39. The van der Waals surface area contributed by atoms with Crippen molar-refractivity contribution in [1.82, 2.24) is 0 Å². The van der Waals surface area contributed by atoms with Crippen molar-refractivity contribution < 1.29 is 42.9 Å². The summed E-state index contributed by atoms with van der Waals surface area (Å²) in [6.45, 7) is 4.76. The van der Waals surface area contributed by atoms with Crippen LogP contribution in [0.2, 0.25) is 0 Å². The molecule has 0 spiro atoms. The second kappa shape index (κ2) is 76.7. The SMILES string of the molecule is CC/C=C\C/C=C\C/C=C\C/C=C\C/C=C\C/C=C\C/C=C\C/C=C\C/C=C\C/C=C\CCCCCCCCCCC(=O)OC(COC(=O)CCCCCCCCCCCCCCCCCCCC/C=C\C/C=C\C/C=C\CCCCCCC)COC(OCC[N+](C)(C)C)C(=O)O. The van der Waals surface area contributed by atoms with Gasteiger partial charge in [-0.05, 0) is 128 Å². The number of carbonyl (C=O) groups is 3. The Labute approximate surface area is 597 Å².